The Balaban J connectivity index is 1.23. The van der Waals surface area contributed by atoms with Crippen LogP contribution in [0, 0.1) is 5.82 Å². The van der Waals surface area contributed by atoms with E-state index < -0.39 is 0 Å². The van der Waals surface area contributed by atoms with Gasteiger partial charge >= 0.3 is 0 Å². The van der Waals surface area contributed by atoms with Gasteiger partial charge in [-0.05, 0) is 89.5 Å². The Morgan fingerprint density at radius 1 is 0.771 bits per heavy atom. The first kappa shape index (κ1) is 24.0. The Morgan fingerprint density at radius 3 is 1.86 bits per heavy atom. The lowest BCUT2D eigenvalue weighted by atomic mass is 10.2. The molecule has 1 amide bonds. The number of nitrogens with zero attached hydrogens (tertiary/aromatic N) is 1. The number of hydrogen-bond acceptors (Lipinski definition) is 4. The van der Waals surface area contributed by atoms with Gasteiger partial charge in [-0.1, -0.05) is 35.9 Å². The number of hydrazone groups is 1. The summed E-state index contributed by atoms with van der Waals surface area (Å²) in [5.41, 5.74) is 5.65. The normalized spacial score (nSPS) is 10.8. The van der Waals surface area contributed by atoms with Gasteiger partial charge in [-0.3, -0.25) is 4.79 Å². The molecule has 35 heavy (non-hydrogen) atoms. The maximum Gasteiger partial charge on any atom is 0.271 e. The third-order valence-corrected chi connectivity index (χ3v) is 5.27. The minimum absolute atomic E-state index is 0.277. The molecule has 0 heterocycles. The van der Waals surface area contributed by atoms with Crippen LogP contribution in [-0.2, 0) is 13.2 Å². The van der Waals surface area contributed by atoms with Crippen LogP contribution < -0.4 is 14.9 Å². The monoisotopic (exact) mass is 488 g/mol. The van der Waals surface area contributed by atoms with E-state index in [0.717, 1.165) is 16.7 Å². The van der Waals surface area contributed by atoms with Gasteiger partial charge in [0.05, 0.1) is 6.21 Å². The Labute approximate surface area is 207 Å². The highest BCUT2D eigenvalue weighted by molar-refractivity contribution is 6.30. The van der Waals surface area contributed by atoms with Crippen LogP contribution in [0.3, 0.4) is 0 Å². The Kier molecular flexibility index (Phi) is 8.09. The van der Waals surface area contributed by atoms with Gasteiger partial charge in [-0.25, -0.2) is 9.82 Å². The van der Waals surface area contributed by atoms with Crippen molar-refractivity contribution < 1.29 is 18.7 Å². The number of carbonyl (C=O) groups is 1. The summed E-state index contributed by atoms with van der Waals surface area (Å²) in [7, 11) is 0. The molecule has 4 rings (SSSR count). The van der Waals surface area contributed by atoms with Crippen LogP contribution >= 0.6 is 11.6 Å². The average molecular weight is 489 g/mol. The zero-order chi connectivity index (χ0) is 24.5. The van der Waals surface area contributed by atoms with Gasteiger partial charge in [0.25, 0.3) is 5.91 Å². The molecule has 0 saturated carbocycles. The van der Waals surface area contributed by atoms with E-state index >= 15 is 0 Å². The molecule has 0 unspecified atom stereocenters. The first-order chi connectivity index (χ1) is 17.0. The van der Waals surface area contributed by atoms with E-state index in [1.54, 1.807) is 54.7 Å². The first-order valence-corrected chi connectivity index (χ1v) is 11.2. The molecule has 0 atom stereocenters. The molecule has 0 fully saturated rings. The van der Waals surface area contributed by atoms with Crippen LogP contribution in [0.5, 0.6) is 11.5 Å². The number of ether oxygens (including phenoxy) is 2. The van der Waals surface area contributed by atoms with Crippen molar-refractivity contribution in [3.8, 4) is 11.5 Å². The summed E-state index contributed by atoms with van der Waals surface area (Å²) in [5.74, 6) is 0.723. The molecule has 0 bridgehead atoms. The van der Waals surface area contributed by atoms with E-state index in [9.17, 15) is 9.18 Å². The average Bonchev–Trinajstić information content (AvgIpc) is 2.89. The smallest absolute Gasteiger partial charge is 0.271 e. The van der Waals surface area contributed by atoms with Crippen LogP contribution in [0.2, 0.25) is 5.02 Å². The van der Waals surface area contributed by atoms with Gasteiger partial charge < -0.3 is 9.47 Å². The van der Waals surface area contributed by atoms with Gasteiger partial charge in [-0.15, -0.1) is 0 Å². The van der Waals surface area contributed by atoms with E-state index in [0.29, 0.717) is 35.3 Å². The number of carbonyl (C=O) groups excluding carboxylic acids is 1. The van der Waals surface area contributed by atoms with Crippen LogP contribution in [0.1, 0.15) is 27.0 Å². The minimum Gasteiger partial charge on any atom is -0.489 e. The fourth-order valence-corrected chi connectivity index (χ4v) is 3.20. The van der Waals surface area contributed by atoms with Gasteiger partial charge in [0.1, 0.15) is 30.5 Å². The predicted molar refractivity (Wildman–Crippen MR) is 134 cm³/mol. The number of amides is 1. The van der Waals surface area contributed by atoms with Crippen LogP contribution in [0.4, 0.5) is 4.39 Å². The third-order valence-electron chi connectivity index (χ3n) is 5.01. The van der Waals surface area contributed by atoms with E-state index in [4.69, 9.17) is 21.1 Å². The second kappa shape index (κ2) is 11.8. The summed E-state index contributed by atoms with van der Waals surface area (Å²) in [6.07, 6.45) is 1.55. The van der Waals surface area contributed by atoms with E-state index in [2.05, 4.69) is 10.5 Å². The van der Waals surface area contributed by atoms with Crippen molar-refractivity contribution in [2.45, 2.75) is 13.2 Å². The molecule has 0 aliphatic rings. The number of benzene rings is 4. The van der Waals surface area contributed by atoms with E-state index in [1.807, 2.05) is 36.4 Å². The molecule has 0 aromatic heterocycles. The number of hydrogen-bond donors (Lipinski definition) is 1. The molecule has 0 radical (unpaired) electrons. The maximum atomic E-state index is 13.0. The topological polar surface area (TPSA) is 59.9 Å². The quantitative estimate of drug-likeness (QED) is 0.219. The van der Waals surface area contributed by atoms with Crippen LogP contribution in [-0.4, -0.2) is 12.1 Å². The van der Waals surface area contributed by atoms with Crippen molar-refractivity contribution >= 4 is 23.7 Å². The zero-order valence-corrected chi connectivity index (χ0v) is 19.4. The molecular formula is C28H22ClFN2O3. The van der Waals surface area contributed by atoms with Gasteiger partial charge in [0.15, 0.2) is 0 Å². The second-order valence-corrected chi connectivity index (χ2v) is 8.06. The van der Waals surface area contributed by atoms with Crippen molar-refractivity contribution in [2.75, 3.05) is 0 Å². The van der Waals surface area contributed by atoms with Crippen molar-refractivity contribution in [3.63, 3.8) is 0 Å². The van der Waals surface area contributed by atoms with Gasteiger partial charge in [-0.2, -0.15) is 5.10 Å². The SMILES string of the molecule is O=C(N/N=C/c1ccc(OCc2ccc(F)cc2)cc1)c1ccc(OCc2ccc(Cl)cc2)cc1. The summed E-state index contributed by atoms with van der Waals surface area (Å²) in [5, 5.41) is 4.69. The summed E-state index contributed by atoms with van der Waals surface area (Å²) in [6, 6.07) is 27.7. The first-order valence-electron chi connectivity index (χ1n) is 10.8. The molecule has 0 saturated heterocycles. The van der Waals surface area contributed by atoms with Crippen molar-refractivity contribution in [3.05, 3.63) is 130 Å². The third kappa shape index (κ3) is 7.42. The maximum absolute atomic E-state index is 13.0. The molecule has 0 aliphatic heterocycles. The highest BCUT2D eigenvalue weighted by atomic mass is 35.5. The molecule has 4 aromatic rings. The zero-order valence-electron chi connectivity index (χ0n) is 18.7. The van der Waals surface area contributed by atoms with Crippen molar-refractivity contribution in [1.29, 1.82) is 0 Å². The Morgan fingerprint density at radius 2 is 1.29 bits per heavy atom. The molecule has 0 aliphatic carbocycles. The predicted octanol–water partition coefficient (Wildman–Crippen LogP) is 6.40. The molecule has 7 heteroatoms. The molecular weight excluding hydrogens is 467 g/mol. The molecule has 0 spiro atoms. The molecule has 4 aromatic carbocycles. The van der Waals surface area contributed by atoms with Crippen molar-refractivity contribution in [2.24, 2.45) is 5.10 Å². The highest BCUT2D eigenvalue weighted by Gasteiger charge is 2.05. The fourth-order valence-electron chi connectivity index (χ4n) is 3.08. The minimum atomic E-state index is -0.329. The summed E-state index contributed by atoms with van der Waals surface area (Å²) in [6.45, 7) is 0.748. The standard InChI is InChI=1S/C28H22ClFN2O3/c29-24-9-1-21(2-10-24)18-35-27-15-7-23(8-16-27)28(33)32-31-17-20-5-13-26(14-6-20)34-19-22-3-11-25(30)12-4-22/h1-17H,18-19H2,(H,32,33)/b31-17+. The molecule has 5 nitrogen and oxygen atoms in total. The fraction of sp³-hybridized carbons (Fsp3) is 0.0714. The Hall–Kier alpha value is -4.16. The highest BCUT2D eigenvalue weighted by Crippen LogP contribution is 2.16. The lowest BCUT2D eigenvalue weighted by Crippen LogP contribution is -2.17. The number of rotatable bonds is 9. The lowest BCUT2D eigenvalue weighted by Gasteiger charge is -2.07. The second-order valence-electron chi connectivity index (χ2n) is 7.62. The van der Waals surface area contributed by atoms with Crippen LogP contribution in [0.15, 0.2) is 102 Å². The number of nitrogens with one attached hydrogen (secondary N) is 1. The van der Waals surface area contributed by atoms with Crippen LogP contribution in [0.25, 0.3) is 0 Å². The number of halogens is 2. The van der Waals surface area contributed by atoms with Crippen molar-refractivity contribution in [1.82, 2.24) is 5.43 Å². The van der Waals surface area contributed by atoms with Gasteiger partial charge in [0.2, 0.25) is 0 Å². The summed E-state index contributed by atoms with van der Waals surface area (Å²) < 4.78 is 24.4. The Bertz CT molecular complexity index is 1270. The summed E-state index contributed by atoms with van der Waals surface area (Å²) >= 11 is 5.89. The van der Waals surface area contributed by atoms with E-state index in [-0.39, 0.29) is 11.7 Å². The molecule has 1 N–H and O–H groups in total. The van der Waals surface area contributed by atoms with E-state index in [1.165, 1.54) is 12.1 Å². The summed E-state index contributed by atoms with van der Waals surface area (Å²) in [4.78, 5) is 12.3. The largest absolute Gasteiger partial charge is 0.489 e. The van der Waals surface area contributed by atoms with Gasteiger partial charge in [0, 0.05) is 10.6 Å². The lowest BCUT2D eigenvalue weighted by molar-refractivity contribution is 0.0955. The molecule has 176 valence electrons.